The van der Waals surface area contributed by atoms with Gasteiger partial charge in [0.1, 0.15) is 10.0 Å². The van der Waals surface area contributed by atoms with Gasteiger partial charge >= 0.3 is 0 Å². The molecule has 1 nitrogen and oxygen atoms in total. The van der Waals surface area contributed by atoms with Gasteiger partial charge in [0.15, 0.2) is 0 Å². The minimum absolute atomic E-state index is 0.170. The predicted octanol–water partition coefficient (Wildman–Crippen LogP) is 4.70. The van der Waals surface area contributed by atoms with Gasteiger partial charge < -0.3 is 0 Å². The molecule has 0 spiro atoms. The van der Waals surface area contributed by atoms with Crippen LogP contribution in [0, 0.1) is 6.92 Å². The lowest BCUT2D eigenvalue weighted by Crippen LogP contribution is -2.11. The van der Waals surface area contributed by atoms with Crippen LogP contribution in [0.15, 0.2) is 28.6 Å². The van der Waals surface area contributed by atoms with Gasteiger partial charge in [-0.2, -0.15) is 0 Å². The van der Waals surface area contributed by atoms with Crippen LogP contribution in [0.2, 0.25) is 0 Å². The average Bonchev–Trinajstić information content (AvgIpc) is 2.63. The first-order valence-electron chi connectivity index (χ1n) is 5.64. The molecule has 0 fully saturated rings. The zero-order chi connectivity index (χ0) is 12.6. The molecule has 0 aliphatic rings. The number of benzene rings is 1. The lowest BCUT2D eigenvalue weighted by atomic mass is 9.85. The van der Waals surface area contributed by atoms with Crippen LogP contribution in [0.5, 0.6) is 0 Å². The lowest BCUT2D eigenvalue weighted by molar-refractivity contribution is 0.590. The second-order valence-corrected chi connectivity index (χ2v) is 6.61. The molecule has 1 aromatic heterocycles. The van der Waals surface area contributed by atoms with Crippen molar-refractivity contribution in [2.24, 2.45) is 0 Å². The van der Waals surface area contributed by atoms with Gasteiger partial charge in [-0.15, -0.1) is 24.0 Å². The lowest BCUT2D eigenvalue weighted by Gasteiger charge is -2.20. The van der Waals surface area contributed by atoms with E-state index in [4.69, 9.17) is 0 Å². The molecule has 1 aromatic carbocycles. The van der Waals surface area contributed by atoms with E-state index >= 15 is 0 Å². The van der Waals surface area contributed by atoms with Crippen LogP contribution in [0.25, 0.3) is 10.6 Å². The van der Waals surface area contributed by atoms with E-state index in [1.807, 2.05) is 5.38 Å². The molecule has 2 rings (SSSR count). The van der Waals surface area contributed by atoms with Crippen molar-refractivity contribution in [1.82, 2.24) is 4.98 Å². The Labute approximate surface area is 112 Å². The monoisotopic (exact) mass is 263 g/mol. The standard InChI is InChI=1S/C14H17NS2/c1-9-5-6-10(14(2,3)4)7-11(9)13-15-12(16)8-17-13/h5-8,16H,1-4H3. The van der Waals surface area contributed by atoms with Crippen molar-refractivity contribution >= 4 is 24.0 Å². The number of hydrogen-bond acceptors (Lipinski definition) is 3. The minimum atomic E-state index is 0.170. The molecule has 0 saturated carbocycles. The van der Waals surface area contributed by atoms with Crippen molar-refractivity contribution in [3.05, 3.63) is 34.7 Å². The first kappa shape index (κ1) is 12.7. The largest absolute Gasteiger partial charge is 0.230 e. The van der Waals surface area contributed by atoms with Crippen molar-refractivity contribution < 1.29 is 0 Å². The minimum Gasteiger partial charge on any atom is -0.230 e. The number of thiazole rings is 1. The summed E-state index contributed by atoms with van der Waals surface area (Å²) in [5, 5.41) is 3.82. The van der Waals surface area contributed by atoms with Gasteiger partial charge in [0.25, 0.3) is 0 Å². The summed E-state index contributed by atoms with van der Waals surface area (Å²) >= 11 is 5.92. The molecule has 2 aromatic rings. The summed E-state index contributed by atoms with van der Waals surface area (Å²) in [6, 6.07) is 6.63. The summed E-state index contributed by atoms with van der Waals surface area (Å²) in [5.74, 6) is 0. The zero-order valence-corrected chi connectivity index (χ0v) is 12.3. The van der Waals surface area contributed by atoms with E-state index < -0.39 is 0 Å². The third-order valence-corrected chi connectivity index (χ3v) is 4.11. The Morgan fingerprint density at radius 2 is 1.94 bits per heavy atom. The summed E-state index contributed by atoms with van der Waals surface area (Å²) in [5.41, 5.74) is 4.00. The van der Waals surface area contributed by atoms with Gasteiger partial charge in [0.05, 0.1) is 0 Å². The van der Waals surface area contributed by atoms with E-state index in [1.54, 1.807) is 11.3 Å². The number of thiol groups is 1. The maximum Gasteiger partial charge on any atom is 0.124 e. The Bertz CT molecular complexity index is 535. The predicted molar refractivity (Wildman–Crippen MR) is 78.2 cm³/mol. The number of aryl methyl sites for hydroxylation is 1. The summed E-state index contributed by atoms with van der Waals surface area (Å²) < 4.78 is 0. The second kappa shape index (κ2) is 4.46. The highest BCUT2D eigenvalue weighted by molar-refractivity contribution is 7.80. The van der Waals surface area contributed by atoms with Crippen molar-refractivity contribution in [3.63, 3.8) is 0 Å². The van der Waals surface area contributed by atoms with Crippen LogP contribution in [0.4, 0.5) is 0 Å². The topological polar surface area (TPSA) is 12.9 Å². The zero-order valence-electron chi connectivity index (χ0n) is 10.6. The second-order valence-electron chi connectivity index (χ2n) is 5.29. The van der Waals surface area contributed by atoms with Crippen molar-refractivity contribution in [2.45, 2.75) is 38.1 Å². The van der Waals surface area contributed by atoms with Crippen LogP contribution in [-0.2, 0) is 5.41 Å². The molecule has 0 N–H and O–H groups in total. The quantitative estimate of drug-likeness (QED) is 0.736. The maximum absolute atomic E-state index is 4.45. The number of rotatable bonds is 1. The molecule has 0 aliphatic carbocycles. The van der Waals surface area contributed by atoms with Crippen LogP contribution >= 0.6 is 24.0 Å². The maximum atomic E-state index is 4.45. The van der Waals surface area contributed by atoms with Gasteiger partial charge in [-0.05, 0) is 29.5 Å². The van der Waals surface area contributed by atoms with Crippen LogP contribution in [0.3, 0.4) is 0 Å². The fourth-order valence-corrected chi connectivity index (χ4v) is 2.80. The Morgan fingerprint density at radius 1 is 1.24 bits per heavy atom. The number of aromatic nitrogens is 1. The molecule has 0 aliphatic heterocycles. The molecule has 0 atom stereocenters. The first-order valence-corrected chi connectivity index (χ1v) is 6.96. The van der Waals surface area contributed by atoms with E-state index in [1.165, 1.54) is 16.7 Å². The first-order chi connectivity index (χ1) is 7.88. The molecule has 0 amide bonds. The van der Waals surface area contributed by atoms with Crippen molar-refractivity contribution in [2.75, 3.05) is 0 Å². The van der Waals surface area contributed by atoms with E-state index in [0.717, 1.165) is 10.0 Å². The van der Waals surface area contributed by atoms with E-state index in [0.29, 0.717) is 0 Å². The summed E-state index contributed by atoms with van der Waals surface area (Å²) in [6.45, 7) is 8.81. The SMILES string of the molecule is Cc1ccc(C(C)(C)C)cc1-c1nc(S)cs1. The van der Waals surface area contributed by atoms with Gasteiger partial charge in [-0.25, -0.2) is 4.98 Å². The van der Waals surface area contributed by atoms with E-state index in [9.17, 15) is 0 Å². The van der Waals surface area contributed by atoms with Crippen LogP contribution < -0.4 is 0 Å². The van der Waals surface area contributed by atoms with Gasteiger partial charge in [-0.3, -0.25) is 0 Å². The molecule has 0 bridgehead atoms. The normalized spacial score (nSPS) is 11.8. The Balaban J connectivity index is 2.54. The van der Waals surface area contributed by atoms with E-state index in [2.05, 4.69) is 63.5 Å². The number of nitrogens with zero attached hydrogens (tertiary/aromatic N) is 1. The molecule has 0 unspecified atom stereocenters. The van der Waals surface area contributed by atoms with Crippen LogP contribution in [0.1, 0.15) is 31.9 Å². The third-order valence-electron chi connectivity index (χ3n) is 2.83. The highest BCUT2D eigenvalue weighted by Gasteiger charge is 2.16. The molecular weight excluding hydrogens is 246 g/mol. The average molecular weight is 263 g/mol. The third kappa shape index (κ3) is 2.72. The summed E-state index contributed by atoms with van der Waals surface area (Å²) in [6.07, 6.45) is 0. The van der Waals surface area contributed by atoms with Gasteiger partial charge in [-0.1, -0.05) is 32.9 Å². The molecule has 0 radical (unpaired) electrons. The summed E-state index contributed by atoms with van der Waals surface area (Å²) in [4.78, 5) is 4.45. The van der Waals surface area contributed by atoms with Gasteiger partial charge in [0.2, 0.25) is 0 Å². The van der Waals surface area contributed by atoms with Gasteiger partial charge in [0, 0.05) is 10.9 Å². The highest BCUT2D eigenvalue weighted by atomic mass is 32.1. The Kier molecular flexibility index (Phi) is 3.32. The Hall–Kier alpha value is -0.800. The molecule has 1 heterocycles. The van der Waals surface area contributed by atoms with E-state index in [-0.39, 0.29) is 5.41 Å². The number of hydrogen-bond donors (Lipinski definition) is 1. The molecule has 17 heavy (non-hydrogen) atoms. The molecule has 3 heteroatoms. The highest BCUT2D eigenvalue weighted by Crippen LogP contribution is 2.32. The molecular formula is C14H17NS2. The molecule has 90 valence electrons. The molecule has 0 saturated heterocycles. The van der Waals surface area contributed by atoms with Crippen LogP contribution in [-0.4, -0.2) is 4.98 Å². The van der Waals surface area contributed by atoms with Crippen molar-refractivity contribution in [3.8, 4) is 10.6 Å². The smallest absolute Gasteiger partial charge is 0.124 e. The Morgan fingerprint density at radius 3 is 2.47 bits per heavy atom. The summed E-state index contributed by atoms with van der Waals surface area (Å²) in [7, 11) is 0. The van der Waals surface area contributed by atoms with Crippen molar-refractivity contribution in [1.29, 1.82) is 0 Å². The fraction of sp³-hybridized carbons (Fsp3) is 0.357. The fourth-order valence-electron chi connectivity index (χ4n) is 1.71.